The highest BCUT2D eigenvalue weighted by atomic mass is 32.1. The molecule has 352 valence electrons. The molecule has 67 heavy (non-hydrogen) atoms. The number of aromatic nitrogens is 7. The third-order valence-corrected chi connectivity index (χ3v) is 13.1. The highest BCUT2D eigenvalue weighted by Gasteiger charge is 2.30. The van der Waals surface area contributed by atoms with Gasteiger partial charge in [0.1, 0.15) is 33.1 Å². The molecule has 6 N–H and O–H groups in total. The van der Waals surface area contributed by atoms with E-state index in [0.29, 0.717) is 81.0 Å². The Bertz CT molecular complexity index is 2910. The highest BCUT2D eigenvalue weighted by molar-refractivity contribution is 7.13. The lowest BCUT2D eigenvalue weighted by Crippen LogP contribution is -2.46. The maximum absolute atomic E-state index is 13.9. The number of amides is 4. The molecule has 2 fully saturated rings. The minimum atomic E-state index is -0.662. The molecule has 8 rings (SSSR count). The topological polar surface area (TPSA) is 236 Å². The first-order valence-corrected chi connectivity index (χ1v) is 23.4. The second-order valence-electron chi connectivity index (χ2n) is 16.7. The lowest BCUT2D eigenvalue weighted by molar-refractivity contribution is 0.0991. The van der Waals surface area contributed by atoms with Crippen LogP contribution in [0, 0.1) is 19.8 Å². The second-order valence-corrected chi connectivity index (χ2v) is 17.9. The highest BCUT2D eigenvalue weighted by Crippen LogP contribution is 2.38. The van der Waals surface area contributed by atoms with Gasteiger partial charge in [-0.25, -0.2) is 15.0 Å². The number of methoxy groups -OCH3 is 1. The number of fused-ring (bicyclic) bond motifs is 2. The van der Waals surface area contributed by atoms with Crippen LogP contribution in [-0.4, -0.2) is 114 Å². The SMILES string of the molecule is C=C(C1CC1)N1CCN(CCCOc2cc(C(N)=O)cc3nc(NC(=O)c4sc(C)nc4CC)n(C/C=C/Cn4c(NC(=O)c5cc(C)nn5CC)nc5cc(C(N)=O)cc(OC)c54)c23)CC1. The largest absolute Gasteiger partial charge is 0.494 e. The minimum absolute atomic E-state index is 0.177. The van der Waals surface area contributed by atoms with Gasteiger partial charge in [-0.2, -0.15) is 5.10 Å². The number of thiazole rings is 1. The number of nitrogens with zero attached hydrogens (tertiary/aromatic N) is 9. The number of nitrogens with one attached hydrogen (secondary N) is 2. The number of hydrogen-bond acceptors (Lipinski definition) is 13. The Morgan fingerprint density at radius 3 is 2.00 bits per heavy atom. The molecule has 0 radical (unpaired) electrons. The number of imidazole rings is 2. The number of ether oxygens (including phenoxy) is 2. The van der Waals surface area contributed by atoms with Gasteiger partial charge in [-0.3, -0.25) is 39.4 Å². The molecule has 1 saturated carbocycles. The van der Waals surface area contributed by atoms with Gasteiger partial charge in [-0.05, 0) is 82.7 Å². The zero-order valence-electron chi connectivity index (χ0n) is 38.6. The molecule has 1 saturated heterocycles. The van der Waals surface area contributed by atoms with Crippen LogP contribution in [0.25, 0.3) is 22.1 Å². The molecule has 0 spiro atoms. The summed E-state index contributed by atoms with van der Waals surface area (Å²) in [6.07, 6.45) is 7.53. The smallest absolute Gasteiger partial charge is 0.276 e. The summed E-state index contributed by atoms with van der Waals surface area (Å²) < 4.78 is 17.4. The van der Waals surface area contributed by atoms with Gasteiger partial charge in [-0.1, -0.05) is 25.7 Å². The molecule has 1 aliphatic heterocycles. The minimum Gasteiger partial charge on any atom is -0.494 e. The van der Waals surface area contributed by atoms with Gasteiger partial charge in [0, 0.05) is 69.2 Å². The number of carbonyl (C=O) groups excluding carboxylic acids is 4. The molecule has 6 aromatic rings. The first kappa shape index (κ1) is 46.5. The van der Waals surface area contributed by atoms with Crippen molar-refractivity contribution in [2.45, 2.75) is 73.0 Å². The lowest BCUT2D eigenvalue weighted by Gasteiger charge is -2.37. The van der Waals surface area contributed by atoms with E-state index in [2.05, 4.69) is 37.1 Å². The molecule has 19 nitrogen and oxygen atoms in total. The van der Waals surface area contributed by atoms with Gasteiger partial charge in [0.2, 0.25) is 23.7 Å². The normalized spacial score (nSPS) is 14.3. The number of benzene rings is 2. The molecule has 1 aliphatic carbocycles. The third-order valence-electron chi connectivity index (χ3n) is 12.1. The quantitative estimate of drug-likeness (QED) is 0.0548. The van der Waals surface area contributed by atoms with Crippen LogP contribution in [-0.2, 0) is 26.1 Å². The summed E-state index contributed by atoms with van der Waals surface area (Å²) in [6, 6.07) is 7.99. The fourth-order valence-corrected chi connectivity index (χ4v) is 9.40. The fourth-order valence-electron chi connectivity index (χ4n) is 8.50. The number of nitrogens with two attached hydrogens (primary N) is 2. The number of anilines is 2. The molecule has 20 heteroatoms. The van der Waals surface area contributed by atoms with Crippen LogP contribution in [0.5, 0.6) is 11.5 Å². The summed E-state index contributed by atoms with van der Waals surface area (Å²) in [6.45, 7) is 17.7. The van der Waals surface area contributed by atoms with E-state index in [1.54, 1.807) is 33.5 Å². The zero-order valence-corrected chi connectivity index (χ0v) is 39.4. The summed E-state index contributed by atoms with van der Waals surface area (Å²) >= 11 is 1.30. The maximum atomic E-state index is 13.9. The molecular weight excluding hydrogens is 875 g/mol. The van der Waals surface area contributed by atoms with Gasteiger partial charge in [0.05, 0.1) is 41.1 Å². The van der Waals surface area contributed by atoms with Crippen molar-refractivity contribution in [3.05, 3.63) is 92.9 Å². The lowest BCUT2D eigenvalue weighted by atomic mass is 10.1. The van der Waals surface area contributed by atoms with Crippen molar-refractivity contribution in [1.82, 2.24) is 43.7 Å². The fraction of sp³-hybridized carbons (Fsp3) is 0.404. The Hall–Kier alpha value is -7.06. The predicted octanol–water partition coefficient (Wildman–Crippen LogP) is 5.52. The van der Waals surface area contributed by atoms with E-state index in [1.807, 2.05) is 44.4 Å². The molecular formula is C47H57N13O6S. The van der Waals surface area contributed by atoms with E-state index in [-0.39, 0.29) is 42.0 Å². The Morgan fingerprint density at radius 1 is 0.836 bits per heavy atom. The van der Waals surface area contributed by atoms with Crippen LogP contribution >= 0.6 is 11.3 Å². The molecule has 0 atom stereocenters. The van der Waals surface area contributed by atoms with E-state index < -0.39 is 17.7 Å². The molecule has 5 heterocycles. The summed E-state index contributed by atoms with van der Waals surface area (Å²) in [7, 11) is 1.47. The van der Waals surface area contributed by atoms with Gasteiger partial charge < -0.3 is 35.0 Å². The van der Waals surface area contributed by atoms with E-state index in [9.17, 15) is 19.2 Å². The average molecular weight is 932 g/mol. The summed E-state index contributed by atoms with van der Waals surface area (Å²) in [5.74, 6) is -0.318. The first-order valence-electron chi connectivity index (χ1n) is 22.6. The molecule has 2 aliphatic rings. The predicted molar refractivity (Wildman–Crippen MR) is 257 cm³/mol. The van der Waals surface area contributed by atoms with Crippen molar-refractivity contribution >= 4 is 68.9 Å². The number of piperazine rings is 1. The monoisotopic (exact) mass is 931 g/mol. The van der Waals surface area contributed by atoms with Crippen molar-refractivity contribution in [2.24, 2.45) is 17.4 Å². The van der Waals surface area contributed by atoms with Crippen molar-refractivity contribution < 1.29 is 28.7 Å². The number of carbonyl (C=O) groups is 4. The number of aryl methyl sites for hydroxylation is 4. The number of allylic oxidation sites excluding steroid dienone is 3. The van der Waals surface area contributed by atoms with Gasteiger partial charge in [-0.15, -0.1) is 11.3 Å². The van der Waals surface area contributed by atoms with Gasteiger partial charge in [0.25, 0.3) is 11.8 Å². The molecule has 2 aromatic carbocycles. The third kappa shape index (κ3) is 10.0. The van der Waals surface area contributed by atoms with Crippen LogP contribution in [0.2, 0.25) is 0 Å². The Balaban J connectivity index is 1.10. The van der Waals surface area contributed by atoms with Crippen molar-refractivity contribution in [2.75, 3.05) is 57.1 Å². The molecule has 4 aromatic heterocycles. The standard InChI is InChI=1S/C47H57N13O6S/c1-7-33-41(67-29(5)50-33)45(64)54-47-52-35-24-32(43(49)62)26-38(66-21-11-14-56-17-19-57(20-18-56)28(4)30-12-13-30)40(35)59(47)16-10-9-15-58-39-34(23-31(42(48)61)25-37(39)65-6)51-46(58)53-44(63)36-22-27(3)55-60(36)8-2/h9-10,22-26,30H,4,7-8,11-21H2,1-3,5-6H3,(H2,48,61)(H2,49,62)(H,51,53,63)(H,52,54,64)/b10-9+. The van der Waals surface area contributed by atoms with E-state index in [0.717, 1.165) is 44.2 Å². The van der Waals surface area contributed by atoms with Crippen LogP contribution in [0.3, 0.4) is 0 Å². The number of primary amides is 2. The van der Waals surface area contributed by atoms with Gasteiger partial charge >= 0.3 is 0 Å². The summed E-state index contributed by atoms with van der Waals surface area (Å²) in [5.41, 5.74) is 16.7. The zero-order chi connectivity index (χ0) is 47.5. The van der Waals surface area contributed by atoms with E-state index >= 15 is 0 Å². The summed E-state index contributed by atoms with van der Waals surface area (Å²) in [4.78, 5) is 72.1. The molecule has 4 amide bonds. The van der Waals surface area contributed by atoms with Crippen molar-refractivity contribution in [3.63, 3.8) is 0 Å². The van der Waals surface area contributed by atoms with Crippen molar-refractivity contribution in [3.8, 4) is 11.5 Å². The number of hydrogen-bond donors (Lipinski definition) is 4. The second kappa shape index (κ2) is 19.8. The molecule has 0 unspecified atom stereocenters. The van der Waals surface area contributed by atoms with Crippen LogP contribution in [0.1, 0.15) is 90.4 Å². The van der Waals surface area contributed by atoms with E-state index in [4.69, 9.17) is 30.9 Å². The Morgan fingerprint density at radius 2 is 1.43 bits per heavy atom. The Kier molecular flexibility index (Phi) is 13.7. The van der Waals surface area contributed by atoms with Gasteiger partial charge in [0.15, 0.2) is 0 Å². The molecule has 0 bridgehead atoms. The van der Waals surface area contributed by atoms with Crippen molar-refractivity contribution in [1.29, 1.82) is 0 Å². The van der Waals surface area contributed by atoms with Crippen LogP contribution < -0.4 is 31.6 Å². The van der Waals surface area contributed by atoms with Crippen LogP contribution in [0.4, 0.5) is 11.9 Å². The maximum Gasteiger partial charge on any atom is 0.276 e. The van der Waals surface area contributed by atoms with E-state index in [1.165, 1.54) is 43.1 Å². The number of rotatable bonds is 20. The first-order chi connectivity index (χ1) is 32.3. The Labute approximate surface area is 391 Å². The summed E-state index contributed by atoms with van der Waals surface area (Å²) in [5, 5.41) is 11.1. The average Bonchev–Trinajstić information content (AvgIpc) is 3.66. The van der Waals surface area contributed by atoms with Crippen LogP contribution in [0.15, 0.2) is 54.8 Å².